The Kier molecular flexibility index (Phi) is 8.96. The number of aromatic nitrogens is 1. The van der Waals surface area contributed by atoms with Crippen molar-refractivity contribution in [1.29, 1.82) is 0 Å². The lowest BCUT2D eigenvalue weighted by Crippen LogP contribution is -2.44. The van der Waals surface area contributed by atoms with Crippen LogP contribution in [-0.4, -0.2) is 72.3 Å². The number of carbonyl (C=O) groups is 2. The van der Waals surface area contributed by atoms with Crippen LogP contribution in [0.1, 0.15) is 76.9 Å². The molecule has 1 aromatic heterocycles. The van der Waals surface area contributed by atoms with E-state index in [0.717, 1.165) is 81.9 Å². The number of nitrogens with one attached hydrogen (secondary N) is 1. The first-order valence-corrected chi connectivity index (χ1v) is 15.9. The van der Waals surface area contributed by atoms with Crippen molar-refractivity contribution >= 4 is 28.8 Å². The summed E-state index contributed by atoms with van der Waals surface area (Å²) in [7, 11) is 2.16. The Bertz CT molecular complexity index is 1500. The summed E-state index contributed by atoms with van der Waals surface area (Å²) >= 11 is 0. The second-order valence-corrected chi connectivity index (χ2v) is 12.8. The molecule has 1 aliphatic carbocycles. The van der Waals surface area contributed by atoms with Crippen LogP contribution in [0.2, 0.25) is 0 Å². The summed E-state index contributed by atoms with van der Waals surface area (Å²) in [5, 5.41) is 3.37. The smallest absolute Gasteiger partial charge is 0.269 e. The van der Waals surface area contributed by atoms with Crippen molar-refractivity contribution < 1.29 is 14.0 Å². The van der Waals surface area contributed by atoms with Crippen LogP contribution in [0.15, 0.2) is 54.7 Å². The van der Waals surface area contributed by atoms with Gasteiger partial charge in [0.2, 0.25) is 0 Å². The first-order chi connectivity index (χ1) is 21.2. The Morgan fingerprint density at radius 1 is 1.00 bits per heavy atom. The summed E-state index contributed by atoms with van der Waals surface area (Å²) in [5.41, 5.74) is 10.5. The van der Waals surface area contributed by atoms with Crippen molar-refractivity contribution in [1.82, 2.24) is 14.8 Å². The molecule has 3 heterocycles. The van der Waals surface area contributed by atoms with E-state index in [1.165, 1.54) is 5.56 Å². The van der Waals surface area contributed by atoms with Gasteiger partial charge in [0.15, 0.2) is 11.5 Å². The number of Topliss-reactive ketones (excluding diaryl/α,β-unsaturated/α-hetero) is 1. The molecule has 0 radical (unpaired) electrons. The molecule has 232 valence electrons. The molecular formula is C35H43FN6O2. The number of likely N-dealkylation sites (N-methyl/N-ethyl adjacent to an activating group) is 1. The van der Waals surface area contributed by atoms with Gasteiger partial charge in [0.05, 0.1) is 23.1 Å². The van der Waals surface area contributed by atoms with E-state index in [4.69, 9.17) is 5.73 Å². The quantitative estimate of drug-likeness (QED) is 0.295. The average molecular weight is 599 g/mol. The van der Waals surface area contributed by atoms with Crippen LogP contribution in [0, 0.1) is 11.7 Å². The number of nitrogens with zero attached hydrogens (tertiary/aromatic N) is 4. The highest BCUT2D eigenvalue weighted by Gasteiger charge is 2.32. The van der Waals surface area contributed by atoms with Crippen molar-refractivity contribution in [3.05, 3.63) is 82.9 Å². The minimum atomic E-state index is -0.601. The average Bonchev–Trinajstić information content (AvgIpc) is 3.86. The highest BCUT2D eigenvalue weighted by molar-refractivity contribution is 5.98. The highest BCUT2D eigenvalue weighted by Crippen LogP contribution is 2.40. The fraction of sp³-hybridized carbons (Fsp3) is 0.457. The van der Waals surface area contributed by atoms with E-state index in [1.54, 1.807) is 18.3 Å². The number of piperazine rings is 1. The lowest BCUT2D eigenvalue weighted by molar-refractivity contribution is 0.0941. The maximum absolute atomic E-state index is 14.9. The summed E-state index contributed by atoms with van der Waals surface area (Å²) in [4.78, 5) is 37.0. The normalized spacial score (nSPS) is 21.3. The minimum Gasteiger partial charge on any atom is -0.367 e. The van der Waals surface area contributed by atoms with Crippen LogP contribution >= 0.6 is 0 Å². The fourth-order valence-electron chi connectivity index (χ4n) is 6.65. The zero-order chi connectivity index (χ0) is 30.8. The van der Waals surface area contributed by atoms with Crippen molar-refractivity contribution in [2.75, 3.05) is 50.0 Å². The number of nitrogens with two attached hydrogens (primary N) is 1. The third-order valence-corrected chi connectivity index (χ3v) is 9.61. The van der Waals surface area contributed by atoms with Gasteiger partial charge in [-0.1, -0.05) is 18.2 Å². The molecule has 2 aliphatic heterocycles. The Hall–Kier alpha value is -3.82. The van der Waals surface area contributed by atoms with E-state index in [1.807, 2.05) is 24.3 Å². The van der Waals surface area contributed by atoms with E-state index in [2.05, 4.69) is 51.1 Å². The van der Waals surface area contributed by atoms with Gasteiger partial charge in [-0.25, -0.2) is 9.37 Å². The molecular weight excluding hydrogens is 555 g/mol. The second kappa shape index (κ2) is 13.0. The van der Waals surface area contributed by atoms with Gasteiger partial charge < -0.3 is 20.9 Å². The molecule has 1 amide bonds. The molecule has 2 saturated heterocycles. The number of halogens is 1. The molecule has 0 unspecified atom stereocenters. The van der Waals surface area contributed by atoms with Crippen molar-refractivity contribution in [2.24, 2.45) is 11.7 Å². The summed E-state index contributed by atoms with van der Waals surface area (Å²) < 4.78 is 14.9. The number of anilines is 3. The minimum absolute atomic E-state index is 0.0319. The molecule has 0 bridgehead atoms. The predicted octanol–water partition coefficient (Wildman–Crippen LogP) is 5.57. The molecule has 2 atom stereocenters. The Morgan fingerprint density at radius 3 is 2.43 bits per heavy atom. The van der Waals surface area contributed by atoms with Gasteiger partial charge in [-0.05, 0) is 92.9 Å². The Balaban J connectivity index is 1.14. The van der Waals surface area contributed by atoms with E-state index < -0.39 is 11.7 Å². The third kappa shape index (κ3) is 6.94. The summed E-state index contributed by atoms with van der Waals surface area (Å²) in [6, 6.07) is 15.3. The molecule has 9 heteroatoms. The lowest BCUT2D eigenvalue weighted by atomic mass is 9.84. The van der Waals surface area contributed by atoms with Gasteiger partial charge in [0.1, 0.15) is 5.82 Å². The van der Waals surface area contributed by atoms with E-state index in [9.17, 15) is 14.0 Å². The molecule has 3 fully saturated rings. The SMILES string of the molecule is C[C@@H]1[C@H](CC(=O)c2ccc(C3CC3)cc2F)CCCN1c1cnc(C(N)=O)c(Nc2ccc(CN3CCN(C)CC3)cc2)c1. The number of hydrogen-bond acceptors (Lipinski definition) is 7. The number of benzene rings is 2. The first-order valence-electron chi connectivity index (χ1n) is 15.9. The monoisotopic (exact) mass is 598 g/mol. The predicted molar refractivity (Wildman–Crippen MR) is 172 cm³/mol. The molecule has 2 aromatic carbocycles. The molecule has 6 rings (SSSR count). The van der Waals surface area contributed by atoms with E-state index in [0.29, 0.717) is 11.6 Å². The Labute approximate surface area is 259 Å². The number of carbonyl (C=O) groups excluding carboxylic acids is 2. The van der Waals surface area contributed by atoms with Crippen molar-refractivity contribution in [3.63, 3.8) is 0 Å². The molecule has 0 spiro atoms. The van der Waals surface area contributed by atoms with Crippen LogP contribution < -0.4 is 16.0 Å². The number of pyridine rings is 1. The first kappa shape index (κ1) is 30.2. The maximum Gasteiger partial charge on any atom is 0.269 e. The third-order valence-electron chi connectivity index (χ3n) is 9.61. The standard InChI is InChI=1S/C35H43FN6O2/c1-23-26(19-33(43)30-12-9-27(18-31(30)36)25-7-8-25)4-3-13-42(23)29-20-32(34(35(37)44)38-21-29)39-28-10-5-24(6-11-28)22-41-16-14-40(2)15-17-41/h5-6,9-12,18,20-21,23,25-26,39H,3-4,7-8,13-17,19,22H2,1-2H3,(H2,37,44)/t23-,26+/m1/s1. The largest absolute Gasteiger partial charge is 0.367 e. The Morgan fingerprint density at radius 2 is 1.75 bits per heavy atom. The molecule has 3 aliphatic rings. The molecule has 44 heavy (non-hydrogen) atoms. The summed E-state index contributed by atoms with van der Waals surface area (Å²) in [5.74, 6) is -0.645. The van der Waals surface area contributed by atoms with Gasteiger partial charge >= 0.3 is 0 Å². The molecule has 3 N–H and O–H groups in total. The second-order valence-electron chi connectivity index (χ2n) is 12.8. The maximum atomic E-state index is 14.9. The molecule has 1 saturated carbocycles. The summed E-state index contributed by atoms with van der Waals surface area (Å²) in [6.45, 7) is 8.10. The molecule has 3 aromatic rings. The lowest BCUT2D eigenvalue weighted by Gasteiger charge is -2.41. The zero-order valence-electron chi connectivity index (χ0n) is 25.8. The van der Waals surface area contributed by atoms with Crippen LogP contribution in [0.3, 0.4) is 0 Å². The van der Waals surface area contributed by atoms with Crippen molar-refractivity contribution in [2.45, 2.75) is 57.5 Å². The fourth-order valence-corrected chi connectivity index (χ4v) is 6.65. The van der Waals surface area contributed by atoms with Crippen LogP contribution in [0.4, 0.5) is 21.5 Å². The van der Waals surface area contributed by atoms with Gasteiger partial charge in [-0.15, -0.1) is 0 Å². The van der Waals surface area contributed by atoms with Crippen LogP contribution in [-0.2, 0) is 6.54 Å². The number of hydrogen-bond donors (Lipinski definition) is 2. The number of piperidine rings is 1. The number of primary amides is 1. The van der Waals surface area contributed by atoms with Crippen LogP contribution in [0.5, 0.6) is 0 Å². The number of rotatable bonds is 10. The summed E-state index contributed by atoms with van der Waals surface area (Å²) in [6.07, 6.45) is 5.96. The number of amides is 1. The number of ketones is 1. The van der Waals surface area contributed by atoms with E-state index >= 15 is 0 Å². The van der Waals surface area contributed by atoms with Gasteiger partial charge in [-0.2, -0.15) is 0 Å². The van der Waals surface area contributed by atoms with Gasteiger partial charge in [0, 0.05) is 57.4 Å². The zero-order valence-corrected chi connectivity index (χ0v) is 25.8. The van der Waals surface area contributed by atoms with E-state index in [-0.39, 0.29) is 35.4 Å². The molecule has 8 nitrogen and oxygen atoms in total. The topological polar surface area (TPSA) is 94.8 Å². The van der Waals surface area contributed by atoms with Gasteiger partial charge in [-0.3, -0.25) is 14.5 Å². The van der Waals surface area contributed by atoms with Crippen molar-refractivity contribution in [3.8, 4) is 0 Å². The highest BCUT2D eigenvalue weighted by atomic mass is 19.1. The van der Waals surface area contributed by atoms with Crippen LogP contribution in [0.25, 0.3) is 0 Å². The van der Waals surface area contributed by atoms with Gasteiger partial charge in [0.25, 0.3) is 5.91 Å².